The van der Waals surface area contributed by atoms with Crippen molar-refractivity contribution in [3.63, 3.8) is 0 Å². The van der Waals surface area contributed by atoms with Crippen molar-refractivity contribution in [3.8, 4) is 0 Å². The SMILES string of the molecule is CC1CC(c2ccc3c(ccn3C)c2)CN1CCN. The summed E-state index contributed by atoms with van der Waals surface area (Å²) >= 11 is 0. The minimum Gasteiger partial charge on any atom is -0.351 e. The van der Waals surface area contributed by atoms with Gasteiger partial charge in [0.05, 0.1) is 0 Å². The summed E-state index contributed by atoms with van der Waals surface area (Å²) in [6.45, 7) is 5.24. The Hall–Kier alpha value is -1.32. The van der Waals surface area contributed by atoms with Gasteiger partial charge in [-0.1, -0.05) is 6.07 Å². The lowest BCUT2D eigenvalue weighted by molar-refractivity contribution is 0.275. The molecule has 0 radical (unpaired) electrons. The van der Waals surface area contributed by atoms with Crippen molar-refractivity contribution < 1.29 is 0 Å². The second-order valence-electron chi connectivity index (χ2n) is 5.81. The molecular formula is C16H23N3. The summed E-state index contributed by atoms with van der Waals surface area (Å²) in [5.41, 5.74) is 8.48. The van der Waals surface area contributed by atoms with Crippen LogP contribution in [0, 0.1) is 0 Å². The van der Waals surface area contributed by atoms with Crippen LogP contribution in [0.15, 0.2) is 30.5 Å². The van der Waals surface area contributed by atoms with E-state index in [2.05, 4.69) is 53.9 Å². The summed E-state index contributed by atoms with van der Waals surface area (Å²) in [4.78, 5) is 2.51. The Morgan fingerprint density at radius 2 is 2.16 bits per heavy atom. The molecule has 2 N–H and O–H groups in total. The Kier molecular flexibility index (Phi) is 3.33. The van der Waals surface area contributed by atoms with Crippen LogP contribution in [-0.4, -0.2) is 35.1 Å². The predicted molar refractivity (Wildman–Crippen MR) is 80.4 cm³/mol. The Labute approximate surface area is 115 Å². The molecule has 3 nitrogen and oxygen atoms in total. The number of aryl methyl sites for hydroxylation is 1. The molecule has 0 bridgehead atoms. The molecule has 19 heavy (non-hydrogen) atoms. The smallest absolute Gasteiger partial charge is 0.0477 e. The lowest BCUT2D eigenvalue weighted by atomic mass is 9.96. The van der Waals surface area contributed by atoms with Crippen LogP contribution in [0.5, 0.6) is 0 Å². The van der Waals surface area contributed by atoms with Crippen molar-refractivity contribution in [2.24, 2.45) is 12.8 Å². The highest BCUT2D eigenvalue weighted by Gasteiger charge is 2.29. The largest absolute Gasteiger partial charge is 0.351 e. The summed E-state index contributed by atoms with van der Waals surface area (Å²) in [7, 11) is 2.10. The molecule has 0 spiro atoms. The molecule has 1 aliphatic heterocycles. The van der Waals surface area contributed by atoms with E-state index in [1.165, 1.54) is 22.9 Å². The van der Waals surface area contributed by atoms with E-state index in [1.54, 1.807) is 0 Å². The van der Waals surface area contributed by atoms with Gasteiger partial charge >= 0.3 is 0 Å². The molecule has 3 rings (SSSR count). The molecule has 2 heterocycles. The van der Waals surface area contributed by atoms with Crippen molar-refractivity contribution in [2.45, 2.75) is 25.3 Å². The highest BCUT2D eigenvalue weighted by atomic mass is 15.2. The summed E-state index contributed by atoms with van der Waals surface area (Å²) in [6.07, 6.45) is 3.38. The monoisotopic (exact) mass is 257 g/mol. The van der Waals surface area contributed by atoms with E-state index in [0.29, 0.717) is 12.0 Å². The summed E-state index contributed by atoms with van der Waals surface area (Å²) < 4.78 is 2.18. The van der Waals surface area contributed by atoms with Crippen LogP contribution < -0.4 is 5.73 Å². The number of hydrogen-bond donors (Lipinski definition) is 1. The van der Waals surface area contributed by atoms with Crippen LogP contribution in [0.4, 0.5) is 0 Å². The molecule has 1 aromatic carbocycles. The van der Waals surface area contributed by atoms with Gasteiger partial charge in [-0.05, 0) is 48.4 Å². The molecule has 2 atom stereocenters. The van der Waals surface area contributed by atoms with Gasteiger partial charge in [0.15, 0.2) is 0 Å². The van der Waals surface area contributed by atoms with Crippen LogP contribution in [-0.2, 0) is 7.05 Å². The fourth-order valence-electron chi connectivity index (χ4n) is 3.37. The standard InChI is InChI=1S/C16H23N3/c1-12-9-15(11-19(12)8-6-17)13-3-4-16-14(10-13)5-7-18(16)2/h3-5,7,10,12,15H,6,8-9,11,17H2,1-2H3. The van der Waals surface area contributed by atoms with Gasteiger partial charge < -0.3 is 10.3 Å². The average Bonchev–Trinajstić information content (AvgIpc) is 2.95. The second kappa shape index (κ2) is 4.99. The van der Waals surface area contributed by atoms with Crippen LogP contribution in [0.25, 0.3) is 10.9 Å². The predicted octanol–water partition coefficient (Wildman–Crippen LogP) is 2.31. The van der Waals surface area contributed by atoms with Crippen molar-refractivity contribution in [1.29, 1.82) is 0 Å². The zero-order valence-corrected chi connectivity index (χ0v) is 11.8. The number of nitrogens with two attached hydrogens (primary N) is 1. The molecule has 2 aromatic rings. The van der Waals surface area contributed by atoms with E-state index in [-0.39, 0.29) is 0 Å². The number of aromatic nitrogens is 1. The first kappa shape index (κ1) is 12.7. The molecule has 1 saturated heterocycles. The quantitative estimate of drug-likeness (QED) is 0.915. The van der Waals surface area contributed by atoms with Crippen molar-refractivity contribution in [2.75, 3.05) is 19.6 Å². The van der Waals surface area contributed by atoms with Gasteiger partial charge in [-0.25, -0.2) is 0 Å². The first-order valence-corrected chi connectivity index (χ1v) is 7.18. The Bertz CT molecular complexity index is 572. The number of fused-ring (bicyclic) bond motifs is 1. The highest BCUT2D eigenvalue weighted by Crippen LogP contribution is 2.32. The molecule has 0 aliphatic carbocycles. The Balaban J connectivity index is 1.85. The Morgan fingerprint density at radius 3 is 2.95 bits per heavy atom. The zero-order chi connectivity index (χ0) is 13.4. The summed E-state index contributed by atoms with van der Waals surface area (Å²) in [5.74, 6) is 0.658. The molecule has 3 heteroatoms. The van der Waals surface area contributed by atoms with Crippen LogP contribution in [0.2, 0.25) is 0 Å². The molecule has 0 amide bonds. The third-order valence-electron chi connectivity index (χ3n) is 4.50. The maximum Gasteiger partial charge on any atom is 0.0477 e. The number of nitrogens with zero attached hydrogens (tertiary/aromatic N) is 2. The van der Waals surface area contributed by atoms with Crippen LogP contribution in [0.1, 0.15) is 24.8 Å². The number of rotatable bonds is 3. The fraction of sp³-hybridized carbons (Fsp3) is 0.500. The Morgan fingerprint density at radius 1 is 1.32 bits per heavy atom. The van der Waals surface area contributed by atoms with E-state index in [9.17, 15) is 0 Å². The summed E-state index contributed by atoms with van der Waals surface area (Å²) in [6, 6.07) is 9.76. The van der Waals surface area contributed by atoms with Gasteiger partial charge in [0.1, 0.15) is 0 Å². The maximum atomic E-state index is 5.69. The normalized spacial score (nSPS) is 24.4. The van der Waals surface area contributed by atoms with E-state index >= 15 is 0 Å². The van der Waals surface area contributed by atoms with Gasteiger partial charge in [0, 0.05) is 44.4 Å². The molecule has 1 fully saturated rings. The lowest BCUT2D eigenvalue weighted by Crippen LogP contribution is -2.32. The molecule has 2 unspecified atom stereocenters. The number of hydrogen-bond acceptors (Lipinski definition) is 2. The third-order valence-corrected chi connectivity index (χ3v) is 4.50. The van der Waals surface area contributed by atoms with Crippen molar-refractivity contribution in [3.05, 3.63) is 36.0 Å². The average molecular weight is 257 g/mol. The first-order chi connectivity index (χ1) is 9.19. The van der Waals surface area contributed by atoms with Gasteiger partial charge in [-0.15, -0.1) is 0 Å². The van der Waals surface area contributed by atoms with Crippen molar-refractivity contribution >= 4 is 10.9 Å². The van der Waals surface area contributed by atoms with E-state index < -0.39 is 0 Å². The molecule has 102 valence electrons. The molecule has 0 saturated carbocycles. The van der Waals surface area contributed by atoms with Crippen LogP contribution in [0.3, 0.4) is 0 Å². The van der Waals surface area contributed by atoms with E-state index in [0.717, 1.165) is 19.6 Å². The fourth-order valence-corrected chi connectivity index (χ4v) is 3.37. The summed E-state index contributed by atoms with van der Waals surface area (Å²) in [5, 5.41) is 1.35. The molecule has 1 aromatic heterocycles. The van der Waals surface area contributed by atoms with Crippen LogP contribution >= 0.6 is 0 Å². The van der Waals surface area contributed by atoms with Gasteiger partial charge in [-0.2, -0.15) is 0 Å². The first-order valence-electron chi connectivity index (χ1n) is 7.18. The van der Waals surface area contributed by atoms with Gasteiger partial charge in [0.2, 0.25) is 0 Å². The van der Waals surface area contributed by atoms with Gasteiger partial charge in [0.25, 0.3) is 0 Å². The van der Waals surface area contributed by atoms with E-state index in [1.807, 2.05) is 0 Å². The number of likely N-dealkylation sites (tertiary alicyclic amines) is 1. The maximum absolute atomic E-state index is 5.69. The molecule has 1 aliphatic rings. The third kappa shape index (κ3) is 2.28. The minimum atomic E-state index is 0.653. The molecular weight excluding hydrogens is 234 g/mol. The van der Waals surface area contributed by atoms with Crippen molar-refractivity contribution in [1.82, 2.24) is 9.47 Å². The lowest BCUT2D eigenvalue weighted by Gasteiger charge is -2.19. The zero-order valence-electron chi connectivity index (χ0n) is 11.8. The number of benzene rings is 1. The van der Waals surface area contributed by atoms with E-state index in [4.69, 9.17) is 5.73 Å². The topological polar surface area (TPSA) is 34.2 Å². The minimum absolute atomic E-state index is 0.653. The highest BCUT2D eigenvalue weighted by molar-refractivity contribution is 5.80. The van der Waals surface area contributed by atoms with Gasteiger partial charge in [-0.3, -0.25) is 4.90 Å². The second-order valence-corrected chi connectivity index (χ2v) is 5.81.